The van der Waals surface area contributed by atoms with Crippen LogP contribution in [0.2, 0.25) is 0 Å². The van der Waals surface area contributed by atoms with Gasteiger partial charge in [-0.2, -0.15) is 0 Å². The number of aryl methyl sites for hydroxylation is 1. The van der Waals surface area contributed by atoms with E-state index in [0.29, 0.717) is 31.9 Å². The summed E-state index contributed by atoms with van der Waals surface area (Å²) in [6.45, 7) is 9.40. The zero-order valence-corrected chi connectivity index (χ0v) is 17.1. The van der Waals surface area contributed by atoms with Gasteiger partial charge in [-0.05, 0) is 23.6 Å². The summed E-state index contributed by atoms with van der Waals surface area (Å²) in [5, 5.41) is 0.993. The Kier molecular flexibility index (Phi) is 6.28. The van der Waals surface area contributed by atoms with Crippen LogP contribution in [0.5, 0.6) is 0 Å². The molecule has 2 saturated heterocycles. The highest BCUT2D eigenvalue weighted by Crippen LogP contribution is 2.21. The van der Waals surface area contributed by atoms with Gasteiger partial charge >= 0.3 is 5.63 Å². The summed E-state index contributed by atoms with van der Waals surface area (Å²) in [6, 6.07) is 7.70. The van der Waals surface area contributed by atoms with Crippen LogP contribution < -0.4 is 5.63 Å². The lowest BCUT2D eigenvalue weighted by atomic mass is 10.1. The van der Waals surface area contributed by atoms with E-state index in [1.54, 1.807) is 6.07 Å². The molecule has 156 valence electrons. The molecule has 0 unspecified atom stereocenters. The highest BCUT2D eigenvalue weighted by molar-refractivity contribution is 5.81. The van der Waals surface area contributed by atoms with Crippen molar-refractivity contribution in [3.05, 3.63) is 45.8 Å². The normalized spacial score (nSPS) is 19.0. The quantitative estimate of drug-likeness (QED) is 0.707. The first-order valence-electron chi connectivity index (χ1n) is 10.5. The average Bonchev–Trinajstić information content (AvgIpc) is 2.74. The molecule has 0 saturated carbocycles. The molecule has 0 spiro atoms. The Labute approximate surface area is 170 Å². The first-order chi connectivity index (χ1) is 14.1. The van der Waals surface area contributed by atoms with Crippen molar-refractivity contribution >= 4 is 16.9 Å². The van der Waals surface area contributed by atoms with Gasteiger partial charge in [0.15, 0.2) is 0 Å². The molecule has 2 fully saturated rings. The maximum atomic E-state index is 12.6. The zero-order chi connectivity index (χ0) is 20.2. The summed E-state index contributed by atoms with van der Waals surface area (Å²) in [5.41, 5.74) is 2.50. The third-order valence-corrected chi connectivity index (χ3v) is 5.88. The summed E-state index contributed by atoms with van der Waals surface area (Å²) in [7, 11) is 0. The fourth-order valence-electron chi connectivity index (χ4n) is 4.07. The van der Waals surface area contributed by atoms with Crippen molar-refractivity contribution in [2.45, 2.75) is 19.9 Å². The van der Waals surface area contributed by atoms with Crippen LogP contribution in [0.15, 0.2) is 33.5 Å². The molecular formula is C22H29N3O4. The minimum Gasteiger partial charge on any atom is -0.423 e. The molecule has 2 aromatic rings. The SMILES string of the molecule is CCc1ccc2c(CN3CCN(C(=O)CN4CCOCC4)CC3)cc(=O)oc2c1. The van der Waals surface area contributed by atoms with Gasteiger partial charge in [0, 0.05) is 57.3 Å². The number of carbonyl (C=O) groups excluding carboxylic acids is 1. The lowest BCUT2D eigenvalue weighted by molar-refractivity contribution is -0.135. The molecular weight excluding hydrogens is 370 g/mol. The molecule has 0 N–H and O–H groups in total. The van der Waals surface area contributed by atoms with Crippen molar-refractivity contribution in [2.75, 3.05) is 59.0 Å². The second-order valence-electron chi connectivity index (χ2n) is 7.82. The Morgan fingerprint density at radius 1 is 1.00 bits per heavy atom. The van der Waals surface area contributed by atoms with Gasteiger partial charge in [0.1, 0.15) is 5.58 Å². The molecule has 7 heteroatoms. The molecule has 2 aliphatic rings. The second-order valence-corrected chi connectivity index (χ2v) is 7.82. The van der Waals surface area contributed by atoms with Crippen LogP contribution in [0.4, 0.5) is 0 Å². The Morgan fingerprint density at radius 2 is 1.76 bits per heavy atom. The van der Waals surface area contributed by atoms with Crippen LogP contribution >= 0.6 is 0 Å². The average molecular weight is 399 g/mol. The van der Waals surface area contributed by atoms with E-state index in [1.165, 1.54) is 0 Å². The Hall–Kier alpha value is -2.22. The van der Waals surface area contributed by atoms with E-state index in [4.69, 9.17) is 9.15 Å². The maximum Gasteiger partial charge on any atom is 0.336 e. The molecule has 0 radical (unpaired) electrons. The van der Waals surface area contributed by atoms with E-state index in [9.17, 15) is 9.59 Å². The Morgan fingerprint density at radius 3 is 2.48 bits per heavy atom. The van der Waals surface area contributed by atoms with Gasteiger partial charge in [-0.1, -0.05) is 19.1 Å². The third-order valence-electron chi connectivity index (χ3n) is 5.88. The topological polar surface area (TPSA) is 66.2 Å². The second kappa shape index (κ2) is 9.07. The minimum absolute atomic E-state index is 0.199. The predicted molar refractivity (Wildman–Crippen MR) is 111 cm³/mol. The van der Waals surface area contributed by atoms with Crippen LogP contribution in [-0.4, -0.2) is 79.6 Å². The van der Waals surface area contributed by atoms with Crippen LogP contribution in [0.3, 0.4) is 0 Å². The fourth-order valence-corrected chi connectivity index (χ4v) is 4.07. The highest BCUT2D eigenvalue weighted by atomic mass is 16.5. The van der Waals surface area contributed by atoms with E-state index in [-0.39, 0.29) is 11.5 Å². The number of fused-ring (bicyclic) bond motifs is 1. The van der Waals surface area contributed by atoms with E-state index in [1.807, 2.05) is 11.0 Å². The summed E-state index contributed by atoms with van der Waals surface area (Å²) in [4.78, 5) is 31.0. The molecule has 29 heavy (non-hydrogen) atoms. The lowest BCUT2D eigenvalue weighted by Crippen LogP contribution is -2.52. The Balaban J connectivity index is 1.37. The highest BCUT2D eigenvalue weighted by Gasteiger charge is 2.24. The number of nitrogens with zero attached hydrogens (tertiary/aromatic N) is 3. The number of benzene rings is 1. The van der Waals surface area contributed by atoms with Crippen LogP contribution in [-0.2, 0) is 22.5 Å². The molecule has 3 heterocycles. The molecule has 0 aliphatic carbocycles. The first kappa shape index (κ1) is 20.1. The number of hydrogen-bond donors (Lipinski definition) is 0. The third kappa shape index (κ3) is 4.86. The largest absolute Gasteiger partial charge is 0.423 e. The van der Waals surface area contributed by atoms with Gasteiger partial charge in [-0.15, -0.1) is 0 Å². The Bertz CT molecular complexity index is 912. The van der Waals surface area contributed by atoms with Crippen molar-refractivity contribution in [3.63, 3.8) is 0 Å². The summed E-state index contributed by atoms with van der Waals surface area (Å²) in [6.07, 6.45) is 0.907. The number of amides is 1. The van der Waals surface area contributed by atoms with Gasteiger partial charge in [-0.25, -0.2) is 4.79 Å². The summed E-state index contributed by atoms with van der Waals surface area (Å²) >= 11 is 0. The molecule has 1 aromatic heterocycles. The monoisotopic (exact) mass is 399 g/mol. The number of hydrogen-bond acceptors (Lipinski definition) is 6. The minimum atomic E-state index is -0.305. The number of morpholine rings is 1. The molecule has 4 rings (SSSR count). The molecule has 0 atom stereocenters. The molecule has 1 amide bonds. The lowest BCUT2D eigenvalue weighted by Gasteiger charge is -2.36. The molecule has 2 aliphatic heterocycles. The number of ether oxygens (including phenoxy) is 1. The van der Waals surface area contributed by atoms with Gasteiger partial charge in [0.25, 0.3) is 0 Å². The van der Waals surface area contributed by atoms with E-state index >= 15 is 0 Å². The van der Waals surface area contributed by atoms with Crippen molar-refractivity contribution < 1.29 is 13.9 Å². The van der Waals surface area contributed by atoms with Crippen molar-refractivity contribution in [1.29, 1.82) is 0 Å². The first-order valence-corrected chi connectivity index (χ1v) is 10.5. The van der Waals surface area contributed by atoms with Crippen LogP contribution in [0.25, 0.3) is 11.0 Å². The maximum absolute atomic E-state index is 12.6. The molecule has 7 nitrogen and oxygen atoms in total. The molecule has 1 aromatic carbocycles. The number of rotatable bonds is 5. The van der Waals surface area contributed by atoms with Crippen LogP contribution in [0.1, 0.15) is 18.1 Å². The van der Waals surface area contributed by atoms with Crippen molar-refractivity contribution in [2.24, 2.45) is 0 Å². The number of piperazine rings is 1. The summed E-state index contributed by atoms with van der Waals surface area (Å²) < 4.78 is 10.8. The van der Waals surface area contributed by atoms with E-state index in [0.717, 1.165) is 62.2 Å². The van der Waals surface area contributed by atoms with Gasteiger partial charge in [0.05, 0.1) is 19.8 Å². The zero-order valence-electron chi connectivity index (χ0n) is 17.1. The number of carbonyl (C=O) groups is 1. The smallest absolute Gasteiger partial charge is 0.336 e. The standard InChI is InChI=1S/C22H29N3O4/c1-2-17-3-4-19-18(14-22(27)29-20(19)13-17)15-23-5-7-25(8-6-23)21(26)16-24-9-11-28-12-10-24/h3-4,13-14H,2,5-12,15-16H2,1H3. The van der Waals surface area contributed by atoms with Gasteiger partial charge < -0.3 is 14.1 Å². The van der Waals surface area contributed by atoms with Gasteiger partial charge in [-0.3, -0.25) is 14.6 Å². The van der Waals surface area contributed by atoms with Crippen molar-refractivity contribution in [3.8, 4) is 0 Å². The van der Waals surface area contributed by atoms with E-state index in [2.05, 4.69) is 28.9 Å². The van der Waals surface area contributed by atoms with Gasteiger partial charge in [0.2, 0.25) is 5.91 Å². The molecule has 0 bridgehead atoms. The van der Waals surface area contributed by atoms with E-state index < -0.39 is 0 Å². The van der Waals surface area contributed by atoms with Crippen LogP contribution in [0, 0.1) is 0 Å². The predicted octanol–water partition coefficient (Wildman–Crippen LogP) is 1.33. The summed E-state index contributed by atoms with van der Waals surface area (Å²) in [5.74, 6) is 0.199. The fraction of sp³-hybridized carbons (Fsp3) is 0.545. The van der Waals surface area contributed by atoms with Crippen molar-refractivity contribution in [1.82, 2.24) is 14.7 Å².